The quantitative estimate of drug-likeness (QED) is 0.395. The van der Waals surface area contributed by atoms with E-state index in [-0.39, 0.29) is 5.70 Å². The lowest BCUT2D eigenvalue weighted by atomic mass is 10.0. The van der Waals surface area contributed by atoms with Gasteiger partial charge in [0.2, 0.25) is 0 Å². The minimum absolute atomic E-state index is 0.247. The predicted molar refractivity (Wildman–Crippen MR) is 130 cm³/mol. The lowest BCUT2D eigenvalue weighted by Gasteiger charge is -2.08. The van der Waals surface area contributed by atoms with Gasteiger partial charge in [0.05, 0.1) is 12.8 Å². The molecule has 0 atom stereocenters. The number of nitrogens with zero attached hydrogens (tertiary/aromatic N) is 2. The maximum atomic E-state index is 12.6. The van der Waals surface area contributed by atoms with Gasteiger partial charge in [0.25, 0.3) is 5.91 Å². The maximum absolute atomic E-state index is 12.6. The van der Waals surface area contributed by atoms with Gasteiger partial charge in [0.15, 0.2) is 0 Å². The summed E-state index contributed by atoms with van der Waals surface area (Å²) in [6.07, 6.45) is 1.45. The van der Waals surface area contributed by atoms with Crippen molar-refractivity contribution in [1.29, 1.82) is 0 Å². The van der Waals surface area contributed by atoms with Crippen LogP contribution >= 0.6 is 0 Å². The average molecular weight is 453 g/mol. The highest BCUT2D eigenvalue weighted by Gasteiger charge is 2.20. The van der Waals surface area contributed by atoms with Crippen LogP contribution < -0.4 is 10.1 Å². The third kappa shape index (κ3) is 4.73. The van der Waals surface area contributed by atoms with Gasteiger partial charge < -0.3 is 15.2 Å². The summed E-state index contributed by atoms with van der Waals surface area (Å²) in [6.45, 7) is 1.86. The van der Waals surface area contributed by atoms with Gasteiger partial charge in [0.1, 0.15) is 17.1 Å². The number of carbonyl (C=O) groups is 2. The summed E-state index contributed by atoms with van der Waals surface area (Å²) in [5.74, 6) is -1.04. The van der Waals surface area contributed by atoms with E-state index in [1.807, 2.05) is 61.5 Å². The van der Waals surface area contributed by atoms with E-state index in [1.54, 1.807) is 42.1 Å². The van der Waals surface area contributed by atoms with Crippen LogP contribution in [0.4, 0.5) is 0 Å². The van der Waals surface area contributed by atoms with E-state index in [1.165, 1.54) is 6.08 Å². The second-order valence-electron chi connectivity index (χ2n) is 7.51. The minimum atomic E-state index is -1.25. The van der Waals surface area contributed by atoms with Crippen LogP contribution in [0, 0.1) is 6.92 Å². The number of carboxylic acids is 1. The maximum Gasteiger partial charge on any atom is 0.352 e. The van der Waals surface area contributed by atoms with Crippen LogP contribution in [0.2, 0.25) is 0 Å². The van der Waals surface area contributed by atoms with Gasteiger partial charge in [-0.25, -0.2) is 9.48 Å². The van der Waals surface area contributed by atoms with Crippen molar-refractivity contribution in [3.05, 3.63) is 107 Å². The van der Waals surface area contributed by atoms with Crippen LogP contribution in [0.15, 0.2) is 90.6 Å². The van der Waals surface area contributed by atoms with Gasteiger partial charge in [-0.15, -0.1) is 0 Å². The highest BCUT2D eigenvalue weighted by atomic mass is 16.5. The third-order valence-corrected chi connectivity index (χ3v) is 5.33. The van der Waals surface area contributed by atoms with E-state index in [4.69, 9.17) is 9.84 Å². The van der Waals surface area contributed by atoms with Crippen LogP contribution in [0.1, 0.15) is 21.6 Å². The number of aromatic nitrogens is 2. The molecule has 3 aromatic carbocycles. The number of methoxy groups -OCH3 is 1. The predicted octanol–water partition coefficient (Wildman–Crippen LogP) is 4.71. The first-order valence-corrected chi connectivity index (χ1v) is 10.6. The molecule has 4 aromatic rings. The zero-order valence-corrected chi connectivity index (χ0v) is 18.7. The molecule has 0 fully saturated rings. The fraction of sp³-hybridized carbons (Fsp3) is 0.0741. The van der Waals surface area contributed by atoms with Crippen molar-refractivity contribution in [3.8, 4) is 22.7 Å². The Morgan fingerprint density at radius 3 is 2.15 bits per heavy atom. The van der Waals surface area contributed by atoms with Crippen molar-refractivity contribution < 1.29 is 19.4 Å². The molecule has 7 nitrogen and oxygen atoms in total. The average Bonchev–Trinajstić information content (AvgIpc) is 3.20. The van der Waals surface area contributed by atoms with Gasteiger partial charge >= 0.3 is 5.97 Å². The molecular weight excluding hydrogens is 430 g/mol. The van der Waals surface area contributed by atoms with Crippen molar-refractivity contribution in [1.82, 2.24) is 15.1 Å². The van der Waals surface area contributed by atoms with Crippen molar-refractivity contribution in [2.45, 2.75) is 6.92 Å². The normalized spacial score (nSPS) is 11.2. The van der Waals surface area contributed by atoms with Crippen LogP contribution in [0.3, 0.4) is 0 Å². The van der Waals surface area contributed by atoms with Crippen LogP contribution in [-0.2, 0) is 4.79 Å². The molecule has 0 aliphatic rings. The Morgan fingerprint density at radius 2 is 1.56 bits per heavy atom. The highest BCUT2D eigenvalue weighted by molar-refractivity contribution is 6.03. The molecule has 7 heteroatoms. The summed E-state index contributed by atoms with van der Waals surface area (Å²) >= 11 is 0. The largest absolute Gasteiger partial charge is 0.497 e. The summed E-state index contributed by atoms with van der Waals surface area (Å²) in [5, 5.41) is 17.1. The van der Waals surface area contributed by atoms with Gasteiger partial charge in [-0.3, -0.25) is 4.79 Å². The van der Waals surface area contributed by atoms with Crippen LogP contribution in [0.25, 0.3) is 23.0 Å². The first-order chi connectivity index (χ1) is 16.5. The molecule has 0 saturated heterocycles. The van der Waals surface area contributed by atoms with Gasteiger partial charge in [-0.1, -0.05) is 48.5 Å². The molecule has 1 heterocycles. The summed E-state index contributed by atoms with van der Waals surface area (Å²) in [7, 11) is 1.60. The molecule has 0 radical (unpaired) electrons. The third-order valence-electron chi connectivity index (χ3n) is 5.33. The Balaban J connectivity index is 1.82. The Bertz CT molecular complexity index is 1340. The number of benzene rings is 3. The Morgan fingerprint density at radius 1 is 0.941 bits per heavy atom. The van der Waals surface area contributed by atoms with Crippen molar-refractivity contribution in [3.63, 3.8) is 0 Å². The van der Waals surface area contributed by atoms with Gasteiger partial charge in [-0.2, -0.15) is 5.10 Å². The Labute approximate surface area is 196 Å². The van der Waals surface area contributed by atoms with E-state index in [2.05, 4.69) is 5.32 Å². The van der Waals surface area contributed by atoms with Crippen LogP contribution in [-0.4, -0.2) is 33.9 Å². The molecule has 0 aliphatic heterocycles. The molecule has 1 aromatic heterocycles. The molecule has 1 amide bonds. The first kappa shape index (κ1) is 22.5. The first-order valence-electron chi connectivity index (χ1n) is 10.6. The molecule has 170 valence electrons. The number of hydrogen-bond acceptors (Lipinski definition) is 4. The highest BCUT2D eigenvalue weighted by Crippen LogP contribution is 2.29. The Hall–Kier alpha value is -4.65. The zero-order valence-electron chi connectivity index (χ0n) is 18.7. The van der Waals surface area contributed by atoms with Crippen molar-refractivity contribution in [2.24, 2.45) is 0 Å². The molecule has 0 saturated carbocycles. The number of carboxylic acid groups (broad SMARTS) is 1. The molecule has 0 unspecified atom stereocenters. The topological polar surface area (TPSA) is 93.5 Å². The summed E-state index contributed by atoms with van der Waals surface area (Å²) in [5.41, 5.74) is 3.64. The van der Waals surface area contributed by atoms with Gasteiger partial charge in [0, 0.05) is 22.4 Å². The monoisotopic (exact) mass is 453 g/mol. The van der Waals surface area contributed by atoms with E-state index in [9.17, 15) is 14.7 Å². The molecule has 0 aliphatic carbocycles. The van der Waals surface area contributed by atoms with E-state index >= 15 is 0 Å². The lowest BCUT2D eigenvalue weighted by Crippen LogP contribution is -2.27. The SMILES string of the molecule is COc1ccc(-n2nc(-c3ccccc3)c(/C=C(/NC(=O)c3ccccc3)C(=O)O)c2C)cc1. The van der Waals surface area contributed by atoms with Crippen LogP contribution in [0.5, 0.6) is 5.75 Å². The zero-order chi connectivity index (χ0) is 24.1. The molecule has 2 N–H and O–H groups in total. The molecule has 0 bridgehead atoms. The summed E-state index contributed by atoms with van der Waals surface area (Å²) < 4.78 is 6.98. The molecule has 0 spiro atoms. The van der Waals surface area contributed by atoms with E-state index in [0.29, 0.717) is 22.6 Å². The number of nitrogens with one attached hydrogen (secondary N) is 1. The minimum Gasteiger partial charge on any atom is -0.497 e. The Kier molecular flexibility index (Phi) is 6.54. The number of amides is 1. The summed E-state index contributed by atoms with van der Waals surface area (Å²) in [4.78, 5) is 24.7. The molecule has 34 heavy (non-hydrogen) atoms. The number of ether oxygens (including phenoxy) is 1. The van der Waals surface area contributed by atoms with Gasteiger partial charge in [-0.05, 0) is 49.4 Å². The molecule has 4 rings (SSSR count). The van der Waals surface area contributed by atoms with E-state index < -0.39 is 11.9 Å². The molecular formula is C27H23N3O4. The number of aliphatic carboxylic acids is 1. The number of rotatable bonds is 7. The summed E-state index contributed by atoms with van der Waals surface area (Å²) in [6, 6.07) is 25.4. The fourth-order valence-corrected chi connectivity index (χ4v) is 3.55. The second-order valence-corrected chi connectivity index (χ2v) is 7.51. The van der Waals surface area contributed by atoms with Crippen molar-refractivity contribution in [2.75, 3.05) is 7.11 Å². The lowest BCUT2D eigenvalue weighted by molar-refractivity contribution is -0.132. The van der Waals surface area contributed by atoms with E-state index in [0.717, 1.165) is 16.9 Å². The number of carbonyl (C=O) groups excluding carboxylic acids is 1. The smallest absolute Gasteiger partial charge is 0.352 e. The van der Waals surface area contributed by atoms with Crippen molar-refractivity contribution >= 4 is 18.0 Å². The second kappa shape index (κ2) is 9.87. The fourth-order valence-electron chi connectivity index (χ4n) is 3.55. The number of hydrogen-bond donors (Lipinski definition) is 2. The standard InChI is InChI=1S/C27H23N3O4/c1-18-23(17-24(27(32)33)28-26(31)20-11-7-4-8-12-20)25(19-9-5-3-6-10-19)29-30(18)21-13-15-22(34-2)16-14-21/h3-17H,1-2H3,(H,28,31)(H,32,33)/b24-17+.